The Labute approximate surface area is 196 Å². The monoisotopic (exact) mass is 463 g/mol. The molecule has 1 fully saturated rings. The number of carbonyl (C=O) groups excluding carboxylic acids is 2. The number of hydrogen-bond acceptors (Lipinski definition) is 5. The maximum Gasteiger partial charge on any atom is 0.300 e. The summed E-state index contributed by atoms with van der Waals surface area (Å²) in [4.78, 5) is 27.9. The standard InChI is InChI=1S/C26H22ClNO5/c1-14-4-8-18(12-15(14)2)28-23(16-5-9-19(29)10-6-16)22(25(31)26(28)32)24(30)20-13-17(27)7-11-21(20)33-3/h4-13,23,29-30H,1-3H3/b24-22+. The number of aliphatic hydroxyl groups is 1. The van der Waals surface area contributed by atoms with Crippen molar-refractivity contribution in [3.63, 3.8) is 0 Å². The van der Waals surface area contributed by atoms with Crippen LogP contribution in [0.4, 0.5) is 5.69 Å². The lowest BCUT2D eigenvalue weighted by atomic mass is 9.94. The van der Waals surface area contributed by atoms with Crippen molar-refractivity contribution in [3.05, 3.63) is 93.5 Å². The van der Waals surface area contributed by atoms with E-state index in [1.54, 1.807) is 30.3 Å². The fourth-order valence-corrected chi connectivity index (χ4v) is 4.13. The summed E-state index contributed by atoms with van der Waals surface area (Å²) < 4.78 is 5.34. The van der Waals surface area contributed by atoms with Gasteiger partial charge in [0.2, 0.25) is 0 Å². The number of hydrogen-bond donors (Lipinski definition) is 2. The van der Waals surface area contributed by atoms with Crippen LogP contribution in [0.1, 0.15) is 28.3 Å². The number of phenolic OH excluding ortho intramolecular Hbond substituents is 1. The van der Waals surface area contributed by atoms with Gasteiger partial charge in [0, 0.05) is 10.7 Å². The largest absolute Gasteiger partial charge is 0.508 e. The Morgan fingerprint density at radius 1 is 0.970 bits per heavy atom. The summed E-state index contributed by atoms with van der Waals surface area (Å²) in [5.41, 5.74) is 3.18. The maximum absolute atomic E-state index is 13.3. The first-order valence-corrected chi connectivity index (χ1v) is 10.6. The minimum atomic E-state index is -0.920. The number of rotatable bonds is 4. The third-order valence-corrected chi connectivity index (χ3v) is 6.07. The highest BCUT2D eigenvalue weighted by Crippen LogP contribution is 2.44. The summed E-state index contributed by atoms with van der Waals surface area (Å²) in [6.07, 6.45) is 0. The molecule has 1 heterocycles. The van der Waals surface area contributed by atoms with E-state index >= 15 is 0 Å². The van der Waals surface area contributed by atoms with Gasteiger partial charge < -0.3 is 14.9 Å². The molecule has 1 aliphatic heterocycles. The number of halogens is 1. The summed E-state index contributed by atoms with van der Waals surface area (Å²) >= 11 is 6.14. The first kappa shape index (κ1) is 22.4. The number of nitrogens with zero attached hydrogens (tertiary/aromatic N) is 1. The fourth-order valence-electron chi connectivity index (χ4n) is 3.96. The van der Waals surface area contributed by atoms with Crippen LogP contribution in [-0.4, -0.2) is 29.0 Å². The van der Waals surface area contributed by atoms with Gasteiger partial charge in [0.1, 0.15) is 17.3 Å². The molecule has 1 atom stereocenters. The molecule has 1 amide bonds. The van der Waals surface area contributed by atoms with Crippen molar-refractivity contribution in [2.75, 3.05) is 12.0 Å². The number of amides is 1. The van der Waals surface area contributed by atoms with E-state index in [1.807, 2.05) is 26.0 Å². The number of methoxy groups -OCH3 is 1. The van der Waals surface area contributed by atoms with E-state index in [2.05, 4.69) is 0 Å². The highest BCUT2D eigenvalue weighted by molar-refractivity contribution is 6.51. The second-order valence-electron chi connectivity index (χ2n) is 7.87. The number of aromatic hydroxyl groups is 1. The number of benzene rings is 3. The minimum Gasteiger partial charge on any atom is -0.508 e. The molecule has 0 spiro atoms. The van der Waals surface area contributed by atoms with Crippen molar-refractivity contribution in [2.45, 2.75) is 19.9 Å². The molecular weight excluding hydrogens is 442 g/mol. The number of ketones is 1. The van der Waals surface area contributed by atoms with Gasteiger partial charge in [-0.05, 0) is 73.0 Å². The molecular formula is C26H22ClNO5. The summed E-state index contributed by atoms with van der Waals surface area (Å²) in [6, 6.07) is 15.4. The molecule has 0 aliphatic carbocycles. The molecule has 33 heavy (non-hydrogen) atoms. The quantitative estimate of drug-likeness (QED) is 0.311. The van der Waals surface area contributed by atoms with Crippen LogP contribution in [0, 0.1) is 13.8 Å². The molecule has 0 aromatic heterocycles. The average Bonchev–Trinajstić information content (AvgIpc) is 3.06. The Morgan fingerprint density at radius 2 is 1.67 bits per heavy atom. The molecule has 0 saturated carbocycles. The molecule has 3 aromatic carbocycles. The van der Waals surface area contributed by atoms with Gasteiger partial charge in [-0.2, -0.15) is 0 Å². The number of aliphatic hydroxyl groups excluding tert-OH is 1. The first-order valence-electron chi connectivity index (χ1n) is 10.2. The van der Waals surface area contributed by atoms with E-state index in [0.717, 1.165) is 11.1 Å². The first-order chi connectivity index (χ1) is 15.7. The fraction of sp³-hybridized carbons (Fsp3) is 0.154. The van der Waals surface area contributed by atoms with E-state index in [1.165, 1.54) is 30.2 Å². The van der Waals surface area contributed by atoms with Gasteiger partial charge >= 0.3 is 0 Å². The van der Waals surface area contributed by atoms with Crippen molar-refractivity contribution in [1.82, 2.24) is 0 Å². The highest BCUT2D eigenvalue weighted by atomic mass is 35.5. The normalized spacial score (nSPS) is 17.5. The van der Waals surface area contributed by atoms with Gasteiger partial charge in [0.15, 0.2) is 0 Å². The molecule has 3 aromatic rings. The van der Waals surface area contributed by atoms with Crippen LogP contribution in [0.5, 0.6) is 11.5 Å². The summed E-state index contributed by atoms with van der Waals surface area (Å²) in [5.74, 6) is -1.64. The van der Waals surface area contributed by atoms with Crippen molar-refractivity contribution in [2.24, 2.45) is 0 Å². The molecule has 6 nitrogen and oxygen atoms in total. The van der Waals surface area contributed by atoms with Crippen LogP contribution in [0.2, 0.25) is 5.02 Å². The highest BCUT2D eigenvalue weighted by Gasteiger charge is 2.47. The molecule has 1 unspecified atom stereocenters. The number of aryl methyl sites for hydroxylation is 2. The van der Waals surface area contributed by atoms with Gasteiger partial charge in [0.05, 0.1) is 24.3 Å². The van der Waals surface area contributed by atoms with E-state index in [0.29, 0.717) is 22.0 Å². The molecule has 4 rings (SSSR count). The second kappa shape index (κ2) is 8.64. The van der Waals surface area contributed by atoms with Crippen LogP contribution in [-0.2, 0) is 9.59 Å². The van der Waals surface area contributed by atoms with E-state index in [9.17, 15) is 19.8 Å². The Morgan fingerprint density at radius 3 is 2.30 bits per heavy atom. The molecule has 1 aliphatic rings. The molecule has 2 N–H and O–H groups in total. The van der Waals surface area contributed by atoms with Crippen molar-refractivity contribution < 1.29 is 24.5 Å². The van der Waals surface area contributed by atoms with Crippen molar-refractivity contribution >= 4 is 34.7 Å². The predicted molar refractivity (Wildman–Crippen MR) is 127 cm³/mol. The molecule has 7 heteroatoms. The van der Waals surface area contributed by atoms with Gasteiger partial charge in [-0.15, -0.1) is 0 Å². The Hall–Kier alpha value is -3.77. The maximum atomic E-state index is 13.3. The number of carbonyl (C=O) groups is 2. The Bertz CT molecular complexity index is 1300. The number of anilines is 1. The lowest BCUT2D eigenvalue weighted by molar-refractivity contribution is -0.132. The lowest BCUT2D eigenvalue weighted by Gasteiger charge is -2.26. The zero-order valence-corrected chi connectivity index (χ0v) is 19.1. The third-order valence-electron chi connectivity index (χ3n) is 5.84. The van der Waals surface area contributed by atoms with Crippen LogP contribution < -0.4 is 9.64 Å². The van der Waals surface area contributed by atoms with Crippen LogP contribution in [0.25, 0.3) is 5.76 Å². The van der Waals surface area contributed by atoms with E-state index in [4.69, 9.17) is 16.3 Å². The van der Waals surface area contributed by atoms with Gasteiger partial charge in [-0.3, -0.25) is 14.5 Å². The smallest absolute Gasteiger partial charge is 0.300 e. The van der Waals surface area contributed by atoms with E-state index in [-0.39, 0.29) is 16.9 Å². The number of ether oxygens (including phenoxy) is 1. The molecule has 0 radical (unpaired) electrons. The van der Waals surface area contributed by atoms with Crippen molar-refractivity contribution in [3.8, 4) is 11.5 Å². The number of phenols is 1. The Kier molecular flexibility index (Phi) is 5.87. The molecule has 168 valence electrons. The summed E-state index contributed by atoms with van der Waals surface area (Å²) in [5, 5.41) is 21.4. The molecule has 0 bridgehead atoms. The number of Topliss-reactive ketones (excluding diaryl/α,β-unsaturated/α-hetero) is 1. The summed E-state index contributed by atoms with van der Waals surface area (Å²) in [6.45, 7) is 3.87. The molecule has 1 saturated heterocycles. The topological polar surface area (TPSA) is 87.1 Å². The van der Waals surface area contributed by atoms with Crippen molar-refractivity contribution in [1.29, 1.82) is 0 Å². The van der Waals surface area contributed by atoms with Gasteiger partial charge in [-0.25, -0.2) is 0 Å². The lowest BCUT2D eigenvalue weighted by Crippen LogP contribution is -2.29. The van der Waals surface area contributed by atoms with Crippen LogP contribution in [0.15, 0.2) is 66.2 Å². The SMILES string of the molecule is COc1ccc(Cl)cc1/C(O)=C1\C(=O)C(=O)N(c2ccc(C)c(C)c2)C1c1ccc(O)cc1. The van der Waals surface area contributed by atoms with Gasteiger partial charge in [-0.1, -0.05) is 29.8 Å². The minimum absolute atomic E-state index is 0.0402. The van der Waals surface area contributed by atoms with Crippen LogP contribution >= 0.6 is 11.6 Å². The van der Waals surface area contributed by atoms with Gasteiger partial charge in [0.25, 0.3) is 11.7 Å². The predicted octanol–water partition coefficient (Wildman–Crippen LogP) is 5.30. The Balaban J connectivity index is 1.99. The van der Waals surface area contributed by atoms with E-state index < -0.39 is 23.5 Å². The second-order valence-corrected chi connectivity index (χ2v) is 8.31. The zero-order valence-electron chi connectivity index (χ0n) is 18.3. The summed E-state index contributed by atoms with van der Waals surface area (Å²) in [7, 11) is 1.44. The average molecular weight is 464 g/mol. The zero-order chi connectivity index (χ0) is 23.9. The third kappa shape index (κ3) is 3.94. The van der Waals surface area contributed by atoms with Crippen LogP contribution in [0.3, 0.4) is 0 Å².